The van der Waals surface area contributed by atoms with E-state index in [1.807, 2.05) is 11.9 Å². The standard InChI is InChI=1S/C19H31FN4O2.HI/c1-16(15-24-9-11-25-12-10-24)14-22-19(21-2)23(3)8-13-26-18-6-4-17(20)5-7-18;/h4-7,16H,8-15H2,1-3H3,(H,21,22);1H. The Hall–Kier alpha value is -1.13. The second kappa shape index (κ2) is 13.1. The zero-order valence-electron chi connectivity index (χ0n) is 16.5. The first kappa shape index (κ1) is 23.9. The highest BCUT2D eigenvalue weighted by atomic mass is 127. The van der Waals surface area contributed by atoms with E-state index >= 15 is 0 Å². The number of benzene rings is 1. The van der Waals surface area contributed by atoms with Crippen LogP contribution in [-0.4, -0.2) is 82.4 Å². The molecule has 8 heteroatoms. The minimum absolute atomic E-state index is 0. The van der Waals surface area contributed by atoms with Crippen molar-refractivity contribution in [2.24, 2.45) is 10.9 Å². The lowest BCUT2D eigenvalue weighted by Gasteiger charge is -2.30. The molecule has 1 fully saturated rings. The summed E-state index contributed by atoms with van der Waals surface area (Å²) in [6.45, 7) is 9.06. The number of ether oxygens (including phenoxy) is 2. The fraction of sp³-hybridized carbons (Fsp3) is 0.632. The summed E-state index contributed by atoms with van der Waals surface area (Å²) < 4.78 is 23.9. The molecule has 0 aliphatic carbocycles. The zero-order chi connectivity index (χ0) is 18.8. The molecular formula is C19H32FIN4O2. The second-order valence-corrected chi connectivity index (χ2v) is 6.67. The molecule has 1 aromatic carbocycles. The molecule has 0 saturated carbocycles. The maximum Gasteiger partial charge on any atom is 0.193 e. The Bertz CT molecular complexity index is 553. The number of guanidine groups is 1. The Kier molecular flexibility index (Phi) is 11.6. The molecule has 1 aliphatic heterocycles. The molecule has 27 heavy (non-hydrogen) atoms. The smallest absolute Gasteiger partial charge is 0.193 e. The van der Waals surface area contributed by atoms with Crippen LogP contribution in [-0.2, 0) is 4.74 Å². The largest absolute Gasteiger partial charge is 0.492 e. The number of morpholine rings is 1. The van der Waals surface area contributed by atoms with Crippen molar-refractivity contribution in [3.8, 4) is 5.75 Å². The van der Waals surface area contributed by atoms with E-state index in [1.54, 1.807) is 19.2 Å². The molecule has 154 valence electrons. The average Bonchev–Trinajstić information content (AvgIpc) is 2.64. The fourth-order valence-corrected chi connectivity index (χ4v) is 2.88. The van der Waals surface area contributed by atoms with Crippen LogP contribution in [0.25, 0.3) is 0 Å². The third-order valence-corrected chi connectivity index (χ3v) is 4.36. The molecule has 2 rings (SSSR count). The van der Waals surface area contributed by atoms with Crippen molar-refractivity contribution in [2.75, 3.05) is 66.6 Å². The summed E-state index contributed by atoms with van der Waals surface area (Å²) in [5, 5.41) is 3.43. The van der Waals surface area contributed by atoms with Crippen molar-refractivity contribution in [2.45, 2.75) is 6.92 Å². The van der Waals surface area contributed by atoms with Crippen molar-refractivity contribution < 1.29 is 13.9 Å². The van der Waals surface area contributed by atoms with Gasteiger partial charge in [0.25, 0.3) is 0 Å². The van der Waals surface area contributed by atoms with Gasteiger partial charge in [-0.25, -0.2) is 4.39 Å². The molecule has 0 radical (unpaired) electrons. The summed E-state index contributed by atoms with van der Waals surface area (Å²) in [5.41, 5.74) is 0. The number of nitrogens with one attached hydrogen (secondary N) is 1. The number of nitrogens with zero attached hydrogens (tertiary/aromatic N) is 3. The van der Waals surface area contributed by atoms with Gasteiger partial charge in [0, 0.05) is 40.3 Å². The predicted octanol–water partition coefficient (Wildman–Crippen LogP) is 2.30. The normalized spacial score (nSPS) is 16.4. The number of aliphatic imine (C=N–C) groups is 1. The van der Waals surface area contributed by atoms with Gasteiger partial charge in [0.15, 0.2) is 5.96 Å². The van der Waals surface area contributed by atoms with Crippen LogP contribution in [0, 0.1) is 11.7 Å². The van der Waals surface area contributed by atoms with Gasteiger partial charge in [0.05, 0.1) is 19.8 Å². The maximum absolute atomic E-state index is 12.9. The molecule has 1 atom stereocenters. The summed E-state index contributed by atoms with van der Waals surface area (Å²) in [6, 6.07) is 6.07. The number of halogens is 2. The van der Waals surface area contributed by atoms with Gasteiger partial charge in [-0.15, -0.1) is 24.0 Å². The highest BCUT2D eigenvalue weighted by molar-refractivity contribution is 14.0. The SMILES string of the molecule is CN=C(NCC(C)CN1CCOCC1)N(C)CCOc1ccc(F)cc1.I. The molecule has 0 spiro atoms. The van der Waals surface area contributed by atoms with Crippen LogP contribution in [0.3, 0.4) is 0 Å². The third-order valence-electron chi connectivity index (χ3n) is 4.36. The van der Waals surface area contributed by atoms with Gasteiger partial charge in [0.1, 0.15) is 18.2 Å². The van der Waals surface area contributed by atoms with Crippen molar-refractivity contribution in [1.29, 1.82) is 0 Å². The molecule has 1 aliphatic rings. The van der Waals surface area contributed by atoms with Crippen LogP contribution < -0.4 is 10.1 Å². The summed E-state index contributed by atoms with van der Waals surface area (Å²) in [4.78, 5) is 8.81. The molecule has 1 saturated heterocycles. The van der Waals surface area contributed by atoms with Crippen LogP contribution in [0.1, 0.15) is 6.92 Å². The molecule has 1 heterocycles. The Morgan fingerprint density at radius 3 is 2.63 bits per heavy atom. The van der Waals surface area contributed by atoms with Gasteiger partial charge in [0.2, 0.25) is 0 Å². The van der Waals surface area contributed by atoms with E-state index in [0.29, 0.717) is 24.8 Å². The number of likely N-dealkylation sites (N-methyl/N-ethyl adjacent to an activating group) is 1. The van der Waals surface area contributed by atoms with Crippen molar-refractivity contribution in [3.63, 3.8) is 0 Å². The van der Waals surface area contributed by atoms with Gasteiger partial charge in [-0.1, -0.05) is 6.92 Å². The number of rotatable bonds is 8. The van der Waals surface area contributed by atoms with E-state index < -0.39 is 0 Å². The number of hydrogen-bond donors (Lipinski definition) is 1. The highest BCUT2D eigenvalue weighted by Crippen LogP contribution is 2.10. The Morgan fingerprint density at radius 2 is 2.00 bits per heavy atom. The average molecular weight is 494 g/mol. The lowest BCUT2D eigenvalue weighted by atomic mass is 10.1. The van der Waals surface area contributed by atoms with E-state index in [0.717, 1.165) is 45.4 Å². The summed E-state index contributed by atoms with van der Waals surface area (Å²) in [7, 11) is 3.77. The molecule has 1 unspecified atom stereocenters. The first-order valence-electron chi connectivity index (χ1n) is 9.18. The minimum atomic E-state index is -0.259. The summed E-state index contributed by atoms with van der Waals surface area (Å²) in [5.74, 6) is 1.78. The Labute approximate surface area is 179 Å². The molecular weight excluding hydrogens is 462 g/mol. The quantitative estimate of drug-likeness (QED) is 0.342. The van der Waals surface area contributed by atoms with Crippen LogP contribution in [0.4, 0.5) is 4.39 Å². The summed E-state index contributed by atoms with van der Waals surface area (Å²) >= 11 is 0. The first-order chi connectivity index (χ1) is 12.6. The lowest BCUT2D eigenvalue weighted by molar-refractivity contribution is 0.0320. The van der Waals surface area contributed by atoms with E-state index in [1.165, 1.54) is 12.1 Å². The van der Waals surface area contributed by atoms with E-state index in [4.69, 9.17) is 9.47 Å². The van der Waals surface area contributed by atoms with Gasteiger partial charge in [-0.2, -0.15) is 0 Å². The van der Waals surface area contributed by atoms with Crippen molar-refractivity contribution in [3.05, 3.63) is 30.1 Å². The van der Waals surface area contributed by atoms with Crippen LogP contribution in [0.5, 0.6) is 5.75 Å². The molecule has 1 aromatic rings. The van der Waals surface area contributed by atoms with Gasteiger partial charge >= 0.3 is 0 Å². The van der Waals surface area contributed by atoms with Crippen LogP contribution >= 0.6 is 24.0 Å². The maximum atomic E-state index is 12.9. The highest BCUT2D eigenvalue weighted by Gasteiger charge is 2.14. The van der Waals surface area contributed by atoms with Crippen molar-refractivity contribution >= 4 is 29.9 Å². The van der Waals surface area contributed by atoms with E-state index in [-0.39, 0.29) is 29.8 Å². The van der Waals surface area contributed by atoms with Gasteiger partial charge in [-0.3, -0.25) is 9.89 Å². The lowest BCUT2D eigenvalue weighted by Crippen LogP contribution is -2.45. The van der Waals surface area contributed by atoms with Crippen LogP contribution in [0.2, 0.25) is 0 Å². The van der Waals surface area contributed by atoms with Gasteiger partial charge < -0.3 is 19.7 Å². The Balaban J connectivity index is 0.00000364. The van der Waals surface area contributed by atoms with Gasteiger partial charge in [-0.05, 0) is 30.2 Å². The second-order valence-electron chi connectivity index (χ2n) is 6.67. The topological polar surface area (TPSA) is 49.3 Å². The molecule has 1 N–H and O–H groups in total. The van der Waals surface area contributed by atoms with Crippen LogP contribution in [0.15, 0.2) is 29.3 Å². The Morgan fingerprint density at radius 1 is 1.33 bits per heavy atom. The predicted molar refractivity (Wildman–Crippen MR) is 118 cm³/mol. The molecule has 0 aromatic heterocycles. The third kappa shape index (κ3) is 9.07. The zero-order valence-corrected chi connectivity index (χ0v) is 18.8. The van der Waals surface area contributed by atoms with E-state index in [9.17, 15) is 4.39 Å². The first-order valence-corrected chi connectivity index (χ1v) is 9.18. The summed E-state index contributed by atoms with van der Waals surface area (Å²) in [6.07, 6.45) is 0. The molecule has 0 amide bonds. The van der Waals surface area contributed by atoms with Crippen molar-refractivity contribution in [1.82, 2.24) is 15.1 Å². The monoisotopic (exact) mass is 494 g/mol. The molecule has 6 nitrogen and oxygen atoms in total. The minimum Gasteiger partial charge on any atom is -0.492 e. The molecule has 0 bridgehead atoms. The fourth-order valence-electron chi connectivity index (χ4n) is 2.88. The number of hydrogen-bond acceptors (Lipinski definition) is 4. The van der Waals surface area contributed by atoms with E-state index in [2.05, 4.69) is 22.1 Å².